The van der Waals surface area contributed by atoms with Crippen LogP contribution >= 0.6 is 0 Å². The quantitative estimate of drug-likeness (QED) is 0.566. The zero-order valence-corrected chi connectivity index (χ0v) is 10.0. The van der Waals surface area contributed by atoms with Crippen LogP contribution in [0, 0.1) is 6.92 Å². The Balaban J connectivity index is 2.30. The van der Waals surface area contributed by atoms with E-state index in [1.807, 2.05) is 0 Å². The summed E-state index contributed by atoms with van der Waals surface area (Å²) in [5.41, 5.74) is 5.69. The van der Waals surface area contributed by atoms with Crippen molar-refractivity contribution in [2.75, 3.05) is 6.54 Å². The fraction of sp³-hybridized carbons (Fsp3) is 0.700. The van der Waals surface area contributed by atoms with Gasteiger partial charge in [0.2, 0.25) is 5.89 Å². The lowest BCUT2D eigenvalue weighted by atomic mass is 10.3. The summed E-state index contributed by atoms with van der Waals surface area (Å²) in [7, 11) is 0. The van der Waals surface area contributed by atoms with Crippen molar-refractivity contribution < 1.29 is 4.52 Å². The van der Waals surface area contributed by atoms with Gasteiger partial charge in [0.25, 0.3) is 0 Å². The lowest BCUT2D eigenvalue weighted by molar-refractivity contribution is 0.376. The number of guanidine groups is 1. The summed E-state index contributed by atoms with van der Waals surface area (Å²) in [5, 5.41) is 6.78. The van der Waals surface area contributed by atoms with E-state index < -0.39 is 0 Å². The number of hydrogen-bond donors (Lipinski definition) is 2. The number of hydrogen-bond acceptors (Lipinski definition) is 4. The van der Waals surface area contributed by atoms with Gasteiger partial charge in [-0.1, -0.05) is 12.1 Å². The van der Waals surface area contributed by atoms with Crippen molar-refractivity contribution >= 4 is 5.96 Å². The van der Waals surface area contributed by atoms with Gasteiger partial charge in [0, 0.05) is 12.5 Å². The second kappa shape index (κ2) is 6.09. The number of nitrogens with one attached hydrogen (secondary N) is 1. The van der Waals surface area contributed by atoms with Gasteiger partial charge in [-0.05, 0) is 20.3 Å². The summed E-state index contributed by atoms with van der Waals surface area (Å²) < 4.78 is 4.96. The molecule has 1 aromatic heterocycles. The van der Waals surface area contributed by atoms with E-state index in [1.165, 1.54) is 0 Å². The van der Waals surface area contributed by atoms with Crippen molar-refractivity contribution in [2.45, 2.75) is 39.7 Å². The topological polar surface area (TPSA) is 89.3 Å². The zero-order valence-electron chi connectivity index (χ0n) is 10.0. The predicted molar refractivity (Wildman–Crippen MR) is 62.1 cm³/mol. The van der Waals surface area contributed by atoms with Crippen LogP contribution in [0.15, 0.2) is 9.52 Å². The number of nitrogens with zero attached hydrogens (tertiary/aromatic N) is 3. The fourth-order valence-corrected chi connectivity index (χ4v) is 1.11. The SMILES string of the molecule is CCC(C)NC(N)=NCCc1nc(C)no1. The number of nitrogens with two attached hydrogens (primary N) is 1. The number of aryl methyl sites for hydroxylation is 1. The minimum absolute atomic E-state index is 0.342. The van der Waals surface area contributed by atoms with E-state index >= 15 is 0 Å². The second-order valence-corrected chi connectivity index (χ2v) is 3.71. The van der Waals surface area contributed by atoms with Gasteiger partial charge >= 0.3 is 0 Å². The molecule has 0 bridgehead atoms. The second-order valence-electron chi connectivity index (χ2n) is 3.71. The van der Waals surface area contributed by atoms with Gasteiger partial charge in [0.05, 0.1) is 6.54 Å². The molecule has 90 valence electrons. The molecule has 6 heteroatoms. The van der Waals surface area contributed by atoms with E-state index in [2.05, 4.69) is 34.3 Å². The Bertz CT molecular complexity index is 347. The summed E-state index contributed by atoms with van der Waals surface area (Å²) in [6.07, 6.45) is 1.63. The lowest BCUT2D eigenvalue weighted by Crippen LogP contribution is -2.38. The highest BCUT2D eigenvalue weighted by atomic mass is 16.5. The summed E-state index contributed by atoms with van der Waals surface area (Å²) >= 11 is 0. The molecule has 1 atom stereocenters. The van der Waals surface area contributed by atoms with Crippen LogP contribution in [-0.2, 0) is 6.42 Å². The Labute approximate surface area is 95.3 Å². The molecule has 0 aliphatic heterocycles. The summed E-state index contributed by atoms with van der Waals surface area (Å²) in [6, 6.07) is 0.342. The summed E-state index contributed by atoms with van der Waals surface area (Å²) in [5.74, 6) is 1.70. The van der Waals surface area contributed by atoms with Gasteiger partial charge in [-0.2, -0.15) is 4.98 Å². The molecule has 0 amide bonds. The van der Waals surface area contributed by atoms with Crippen molar-refractivity contribution in [3.8, 4) is 0 Å². The maximum Gasteiger partial charge on any atom is 0.228 e. The first-order valence-corrected chi connectivity index (χ1v) is 5.47. The molecule has 1 rings (SSSR count). The van der Waals surface area contributed by atoms with Crippen molar-refractivity contribution in [3.63, 3.8) is 0 Å². The van der Waals surface area contributed by atoms with Crippen LogP contribution in [0.5, 0.6) is 0 Å². The molecule has 0 aromatic carbocycles. The third-order valence-electron chi connectivity index (χ3n) is 2.18. The Morgan fingerprint density at radius 2 is 2.38 bits per heavy atom. The number of rotatable bonds is 5. The highest BCUT2D eigenvalue weighted by Crippen LogP contribution is 1.96. The third-order valence-corrected chi connectivity index (χ3v) is 2.18. The molecule has 1 aromatic rings. The van der Waals surface area contributed by atoms with E-state index in [9.17, 15) is 0 Å². The van der Waals surface area contributed by atoms with Gasteiger partial charge in [-0.25, -0.2) is 0 Å². The smallest absolute Gasteiger partial charge is 0.228 e. The molecule has 0 aliphatic rings. The molecule has 0 saturated carbocycles. The maximum atomic E-state index is 5.69. The Kier molecular flexibility index (Phi) is 4.75. The first-order chi connectivity index (χ1) is 7.61. The van der Waals surface area contributed by atoms with E-state index in [4.69, 9.17) is 10.3 Å². The van der Waals surface area contributed by atoms with E-state index in [0.717, 1.165) is 6.42 Å². The van der Waals surface area contributed by atoms with Crippen LogP contribution in [0.3, 0.4) is 0 Å². The van der Waals surface area contributed by atoms with Gasteiger partial charge < -0.3 is 15.6 Å². The van der Waals surface area contributed by atoms with Gasteiger partial charge in [0.15, 0.2) is 11.8 Å². The molecule has 0 aliphatic carbocycles. The molecule has 0 saturated heterocycles. The van der Waals surface area contributed by atoms with Crippen LogP contribution in [0.25, 0.3) is 0 Å². The first-order valence-electron chi connectivity index (χ1n) is 5.47. The molecule has 6 nitrogen and oxygen atoms in total. The molecule has 1 unspecified atom stereocenters. The highest BCUT2D eigenvalue weighted by Gasteiger charge is 2.02. The molecule has 0 spiro atoms. The Hall–Kier alpha value is -1.59. The molecular weight excluding hydrogens is 206 g/mol. The van der Waals surface area contributed by atoms with Crippen LogP contribution in [0.2, 0.25) is 0 Å². The molecule has 0 fully saturated rings. The molecule has 3 N–H and O–H groups in total. The Morgan fingerprint density at radius 1 is 1.62 bits per heavy atom. The zero-order chi connectivity index (χ0) is 12.0. The lowest BCUT2D eigenvalue weighted by Gasteiger charge is -2.11. The predicted octanol–water partition coefficient (Wildman–Crippen LogP) is 0.623. The van der Waals surface area contributed by atoms with Crippen LogP contribution < -0.4 is 11.1 Å². The average Bonchev–Trinajstić information content (AvgIpc) is 2.64. The minimum Gasteiger partial charge on any atom is -0.370 e. The number of aromatic nitrogens is 2. The normalized spacial score (nSPS) is 13.8. The first kappa shape index (κ1) is 12.5. The van der Waals surface area contributed by atoms with Crippen molar-refractivity contribution in [3.05, 3.63) is 11.7 Å². The van der Waals surface area contributed by atoms with Crippen molar-refractivity contribution in [1.29, 1.82) is 0 Å². The minimum atomic E-state index is 0.342. The largest absolute Gasteiger partial charge is 0.370 e. The van der Waals surface area contributed by atoms with Crippen LogP contribution in [-0.4, -0.2) is 28.7 Å². The fourth-order valence-electron chi connectivity index (χ4n) is 1.11. The van der Waals surface area contributed by atoms with Crippen molar-refractivity contribution in [2.24, 2.45) is 10.7 Å². The molecule has 0 radical (unpaired) electrons. The molecular formula is C10H19N5O. The van der Waals surface area contributed by atoms with Gasteiger partial charge in [0.1, 0.15) is 0 Å². The average molecular weight is 225 g/mol. The van der Waals surface area contributed by atoms with E-state index in [0.29, 0.717) is 36.7 Å². The monoisotopic (exact) mass is 225 g/mol. The molecule has 1 heterocycles. The number of aliphatic imine (C=N–C) groups is 1. The summed E-state index contributed by atoms with van der Waals surface area (Å²) in [4.78, 5) is 8.25. The van der Waals surface area contributed by atoms with E-state index in [-0.39, 0.29) is 0 Å². The standard InChI is InChI=1S/C10H19N5O/c1-4-7(2)13-10(11)12-6-5-9-14-8(3)15-16-9/h7H,4-6H2,1-3H3,(H3,11,12,13). The summed E-state index contributed by atoms with van der Waals surface area (Å²) in [6.45, 7) is 6.49. The van der Waals surface area contributed by atoms with Gasteiger partial charge in [-0.3, -0.25) is 4.99 Å². The molecule has 16 heavy (non-hydrogen) atoms. The maximum absolute atomic E-state index is 5.69. The van der Waals surface area contributed by atoms with Gasteiger partial charge in [-0.15, -0.1) is 0 Å². The highest BCUT2D eigenvalue weighted by molar-refractivity contribution is 5.78. The van der Waals surface area contributed by atoms with Crippen LogP contribution in [0.1, 0.15) is 32.0 Å². The Morgan fingerprint density at radius 3 is 2.94 bits per heavy atom. The van der Waals surface area contributed by atoms with Crippen molar-refractivity contribution in [1.82, 2.24) is 15.5 Å². The van der Waals surface area contributed by atoms with E-state index in [1.54, 1.807) is 6.92 Å². The van der Waals surface area contributed by atoms with Crippen LogP contribution in [0.4, 0.5) is 0 Å². The third kappa shape index (κ3) is 4.29.